The van der Waals surface area contributed by atoms with Gasteiger partial charge in [0.05, 0.1) is 6.20 Å². The van der Waals surface area contributed by atoms with Gasteiger partial charge in [0.2, 0.25) is 0 Å². The number of nitrogens with zero attached hydrogens (tertiary/aromatic N) is 2. The highest BCUT2D eigenvalue weighted by molar-refractivity contribution is 5.95. The Morgan fingerprint density at radius 3 is 2.38 bits per heavy atom. The molecule has 0 aliphatic heterocycles. The molecule has 0 unspecified atom stereocenters. The average molecular weight is 462 g/mol. The van der Waals surface area contributed by atoms with Gasteiger partial charge in [0.25, 0.3) is 11.5 Å². The molecule has 4 aromatic rings. The topological polar surface area (TPSA) is 85.2 Å². The van der Waals surface area contributed by atoms with E-state index in [1.54, 1.807) is 36.4 Å². The lowest BCUT2D eigenvalue weighted by Crippen LogP contribution is -2.23. The molecule has 4 rings (SSSR count). The zero-order valence-electron chi connectivity index (χ0n) is 18.1. The third kappa shape index (κ3) is 5.44. The molecule has 34 heavy (non-hydrogen) atoms. The number of hydrogen-bond donors (Lipinski definition) is 2. The first-order chi connectivity index (χ1) is 16.4. The minimum absolute atomic E-state index is 0.102. The maximum atomic E-state index is 13.2. The Balaban J connectivity index is 1.53. The molecule has 0 aliphatic rings. The van der Waals surface area contributed by atoms with Gasteiger partial charge in [-0.25, -0.2) is 13.5 Å². The average Bonchev–Trinajstić information content (AvgIpc) is 2.84. The number of aryl methyl sites for hydroxylation is 1. The number of carbonyl (C=O) groups is 1. The Labute approximate surface area is 193 Å². The van der Waals surface area contributed by atoms with E-state index in [2.05, 4.69) is 15.7 Å². The number of amides is 1. The molecular formula is C25H20F2N4O3. The van der Waals surface area contributed by atoms with E-state index in [1.165, 1.54) is 49.6 Å². The van der Waals surface area contributed by atoms with Gasteiger partial charge in [0.15, 0.2) is 11.4 Å². The number of carbonyl (C=O) groups excluding carboxylic acids is 1. The van der Waals surface area contributed by atoms with Gasteiger partial charge in [0, 0.05) is 24.8 Å². The fourth-order valence-corrected chi connectivity index (χ4v) is 3.11. The van der Waals surface area contributed by atoms with Crippen molar-refractivity contribution in [1.82, 2.24) is 15.1 Å². The molecule has 0 saturated heterocycles. The number of rotatable bonds is 7. The Bertz CT molecular complexity index is 1370. The van der Waals surface area contributed by atoms with Crippen molar-refractivity contribution in [1.29, 1.82) is 0 Å². The third-order valence-corrected chi connectivity index (χ3v) is 4.90. The lowest BCUT2D eigenvalue weighted by Gasteiger charge is -2.14. The van der Waals surface area contributed by atoms with E-state index in [1.807, 2.05) is 0 Å². The molecule has 7 nitrogen and oxygen atoms in total. The summed E-state index contributed by atoms with van der Waals surface area (Å²) in [6.07, 6.45) is 1.37. The van der Waals surface area contributed by atoms with E-state index < -0.39 is 11.4 Å². The van der Waals surface area contributed by atoms with Gasteiger partial charge in [0.1, 0.15) is 17.4 Å². The van der Waals surface area contributed by atoms with Crippen molar-refractivity contribution < 1.29 is 18.3 Å². The van der Waals surface area contributed by atoms with Crippen LogP contribution in [0.3, 0.4) is 0 Å². The second-order valence-corrected chi connectivity index (χ2v) is 7.38. The summed E-state index contributed by atoms with van der Waals surface area (Å²) in [6.45, 7) is 0.233. The molecule has 0 spiro atoms. The van der Waals surface area contributed by atoms with Crippen molar-refractivity contribution in [3.8, 4) is 11.5 Å². The molecule has 0 atom stereocenters. The van der Waals surface area contributed by atoms with Crippen molar-refractivity contribution in [2.24, 2.45) is 7.05 Å². The van der Waals surface area contributed by atoms with Crippen molar-refractivity contribution in [3.05, 3.63) is 112 Å². The van der Waals surface area contributed by atoms with Crippen LogP contribution >= 0.6 is 0 Å². The fraction of sp³-hybridized carbons (Fsp3) is 0.0800. The van der Waals surface area contributed by atoms with Crippen LogP contribution in [0.5, 0.6) is 11.5 Å². The minimum atomic E-state index is -0.453. The molecule has 3 aromatic carbocycles. The largest absolute Gasteiger partial charge is 0.453 e. The monoisotopic (exact) mass is 462 g/mol. The Hall–Kier alpha value is -4.53. The predicted molar refractivity (Wildman–Crippen MR) is 123 cm³/mol. The highest BCUT2D eigenvalue weighted by Gasteiger charge is 2.14. The summed E-state index contributed by atoms with van der Waals surface area (Å²) in [5.74, 6) is -0.631. The van der Waals surface area contributed by atoms with Crippen LogP contribution in [0, 0.1) is 11.6 Å². The summed E-state index contributed by atoms with van der Waals surface area (Å²) in [7, 11) is 1.49. The molecule has 0 saturated carbocycles. The third-order valence-electron chi connectivity index (χ3n) is 4.90. The lowest BCUT2D eigenvalue weighted by atomic mass is 10.1. The second kappa shape index (κ2) is 9.95. The van der Waals surface area contributed by atoms with E-state index in [9.17, 15) is 18.4 Å². The van der Waals surface area contributed by atoms with Crippen molar-refractivity contribution in [3.63, 3.8) is 0 Å². The van der Waals surface area contributed by atoms with E-state index in [4.69, 9.17) is 4.74 Å². The van der Waals surface area contributed by atoms with Crippen molar-refractivity contribution >= 4 is 17.3 Å². The van der Waals surface area contributed by atoms with Crippen LogP contribution in [0.4, 0.5) is 20.2 Å². The first kappa shape index (κ1) is 22.7. The highest BCUT2D eigenvalue weighted by atomic mass is 19.1. The first-order valence-electron chi connectivity index (χ1n) is 10.3. The lowest BCUT2D eigenvalue weighted by molar-refractivity contribution is 0.0951. The molecule has 1 aromatic heterocycles. The number of ether oxygens (including phenoxy) is 1. The summed E-state index contributed by atoms with van der Waals surface area (Å²) >= 11 is 0. The summed E-state index contributed by atoms with van der Waals surface area (Å²) in [5, 5.41) is 9.75. The normalized spacial score (nSPS) is 10.6. The molecule has 0 radical (unpaired) electrons. The van der Waals surface area contributed by atoms with E-state index in [0.717, 1.165) is 10.2 Å². The molecule has 1 amide bonds. The zero-order valence-corrected chi connectivity index (χ0v) is 18.1. The molecule has 172 valence electrons. The number of aromatic nitrogens is 2. The van der Waals surface area contributed by atoms with Gasteiger partial charge >= 0.3 is 0 Å². The molecular weight excluding hydrogens is 442 g/mol. The molecule has 1 heterocycles. The summed E-state index contributed by atoms with van der Waals surface area (Å²) in [4.78, 5) is 25.3. The summed E-state index contributed by atoms with van der Waals surface area (Å²) in [5.41, 5.74) is 1.24. The van der Waals surface area contributed by atoms with Crippen LogP contribution in [-0.2, 0) is 13.6 Å². The van der Waals surface area contributed by atoms with Crippen LogP contribution in [0.25, 0.3) is 0 Å². The van der Waals surface area contributed by atoms with Gasteiger partial charge < -0.3 is 15.4 Å². The number of benzene rings is 3. The van der Waals surface area contributed by atoms with Gasteiger partial charge in [-0.05, 0) is 60.2 Å². The first-order valence-corrected chi connectivity index (χ1v) is 10.3. The van der Waals surface area contributed by atoms with Crippen LogP contribution < -0.4 is 20.9 Å². The summed E-state index contributed by atoms with van der Waals surface area (Å²) in [6, 6.07) is 17.8. The standard InChI is InChI=1S/C25H20F2N4O3/c1-31-25(33)23(22(15-29-31)34-21-11-9-19(27)10-12-21)30-20-4-2-3-17(13-20)24(32)28-14-16-5-7-18(26)8-6-16/h2-13,15,30H,14H2,1H3,(H,28,32). The Morgan fingerprint density at radius 2 is 1.68 bits per heavy atom. The fourth-order valence-electron chi connectivity index (χ4n) is 3.11. The van der Waals surface area contributed by atoms with E-state index in [0.29, 0.717) is 17.0 Å². The summed E-state index contributed by atoms with van der Waals surface area (Å²) < 4.78 is 33.1. The van der Waals surface area contributed by atoms with Crippen molar-refractivity contribution in [2.75, 3.05) is 5.32 Å². The molecule has 9 heteroatoms. The van der Waals surface area contributed by atoms with Gasteiger partial charge in [-0.2, -0.15) is 5.10 Å². The predicted octanol–water partition coefficient (Wildman–Crippen LogP) is 4.52. The van der Waals surface area contributed by atoms with Crippen LogP contribution in [0.1, 0.15) is 15.9 Å². The van der Waals surface area contributed by atoms with Crippen LogP contribution in [0.15, 0.2) is 83.8 Å². The van der Waals surface area contributed by atoms with Gasteiger partial charge in [-0.3, -0.25) is 9.59 Å². The molecule has 2 N–H and O–H groups in total. The van der Waals surface area contributed by atoms with E-state index >= 15 is 0 Å². The van der Waals surface area contributed by atoms with Gasteiger partial charge in [-0.15, -0.1) is 0 Å². The Morgan fingerprint density at radius 1 is 1.00 bits per heavy atom. The zero-order chi connectivity index (χ0) is 24.1. The maximum Gasteiger partial charge on any atom is 0.294 e. The van der Waals surface area contributed by atoms with E-state index in [-0.39, 0.29) is 29.7 Å². The van der Waals surface area contributed by atoms with Crippen molar-refractivity contribution in [2.45, 2.75) is 6.54 Å². The molecule has 0 bridgehead atoms. The van der Waals surface area contributed by atoms with Crippen LogP contribution in [0.2, 0.25) is 0 Å². The second-order valence-electron chi connectivity index (χ2n) is 7.38. The molecule has 0 fully saturated rings. The quantitative estimate of drug-likeness (QED) is 0.422. The highest BCUT2D eigenvalue weighted by Crippen LogP contribution is 2.28. The van der Waals surface area contributed by atoms with Crippen LogP contribution in [-0.4, -0.2) is 15.7 Å². The smallest absolute Gasteiger partial charge is 0.294 e. The minimum Gasteiger partial charge on any atom is -0.453 e. The number of nitrogens with one attached hydrogen (secondary N) is 2. The Kier molecular flexibility index (Phi) is 6.63. The number of anilines is 2. The molecule has 0 aliphatic carbocycles. The SMILES string of the molecule is Cn1ncc(Oc2ccc(F)cc2)c(Nc2cccc(C(=O)NCc3ccc(F)cc3)c2)c1=O. The number of halogens is 2. The van der Waals surface area contributed by atoms with Gasteiger partial charge in [-0.1, -0.05) is 18.2 Å². The number of hydrogen-bond acceptors (Lipinski definition) is 5. The maximum absolute atomic E-state index is 13.2.